The lowest BCUT2D eigenvalue weighted by Gasteiger charge is -2.30. The Morgan fingerprint density at radius 3 is 2.00 bits per heavy atom. The van der Waals surface area contributed by atoms with Gasteiger partial charge in [0.1, 0.15) is 0 Å². The second-order valence-corrected chi connectivity index (χ2v) is 4.10. The van der Waals surface area contributed by atoms with Crippen LogP contribution in [0.2, 0.25) is 0 Å². The molecule has 0 aromatic heterocycles. The Kier molecular flexibility index (Phi) is 3.93. The van der Waals surface area contributed by atoms with E-state index in [-0.39, 0.29) is 6.92 Å². The molecule has 1 rings (SSSR count). The summed E-state index contributed by atoms with van der Waals surface area (Å²) in [5.74, 6) is -2.33. The predicted molar refractivity (Wildman–Crippen MR) is 57.2 cm³/mol. The van der Waals surface area contributed by atoms with Crippen LogP contribution in [0.5, 0.6) is 0 Å². The normalized spacial score (nSPS) is 15.6. The number of aliphatic carboxylic acids is 1. The molecular formula is C11H9F6NO2. The van der Waals surface area contributed by atoms with Crippen molar-refractivity contribution in [3.05, 3.63) is 29.8 Å². The monoisotopic (exact) mass is 301 g/mol. The van der Waals surface area contributed by atoms with Crippen molar-refractivity contribution >= 4 is 11.7 Å². The molecule has 0 radical (unpaired) electrons. The number of carboxylic acids is 1. The summed E-state index contributed by atoms with van der Waals surface area (Å²) in [6.45, 7) is 0.252. The fourth-order valence-electron chi connectivity index (χ4n) is 1.35. The molecular weight excluding hydrogens is 292 g/mol. The van der Waals surface area contributed by atoms with E-state index in [0.717, 1.165) is 18.2 Å². The number of benzene rings is 1. The van der Waals surface area contributed by atoms with Crippen LogP contribution in [0.15, 0.2) is 24.3 Å². The number of halogens is 6. The zero-order valence-electron chi connectivity index (χ0n) is 9.93. The van der Waals surface area contributed by atoms with Crippen molar-refractivity contribution in [3.63, 3.8) is 0 Å². The molecule has 112 valence electrons. The quantitative estimate of drug-likeness (QED) is 0.840. The van der Waals surface area contributed by atoms with Gasteiger partial charge in [0, 0.05) is 5.69 Å². The van der Waals surface area contributed by atoms with Crippen molar-refractivity contribution < 1.29 is 36.2 Å². The van der Waals surface area contributed by atoms with E-state index < -0.39 is 35.1 Å². The maximum atomic E-state index is 12.7. The van der Waals surface area contributed by atoms with Crippen LogP contribution in [0.25, 0.3) is 0 Å². The van der Waals surface area contributed by atoms with E-state index in [2.05, 4.69) is 0 Å². The third-order valence-electron chi connectivity index (χ3n) is 2.61. The summed E-state index contributed by atoms with van der Waals surface area (Å²) in [5, 5.41) is 10.1. The molecule has 0 spiro atoms. The molecule has 1 unspecified atom stereocenters. The van der Waals surface area contributed by atoms with E-state index in [0.29, 0.717) is 6.07 Å². The molecule has 2 N–H and O–H groups in total. The van der Waals surface area contributed by atoms with Gasteiger partial charge in [-0.1, -0.05) is 12.1 Å². The first kappa shape index (κ1) is 16.1. The second-order valence-electron chi connectivity index (χ2n) is 4.10. The highest BCUT2D eigenvalue weighted by Gasteiger charge is 2.58. The number of carboxylic acid groups (broad SMARTS) is 1. The molecule has 0 saturated heterocycles. The van der Waals surface area contributed by atoms with E-state index in [1.54, 1.807) is 0 Å². The molecule has 0 aliphatic carbocycles. The average molecular weight is 301 g/mol. The summed E-state index contributed by atoms with van der Waals surface area (Å²) in [7, 11) is 0. The Morgan fingerprint density at radius 2 is 1.60 bits per heavy atom. The number of nitrogens with one attached hydrogen (secondary N) is 1. The maximum absolute atomic E-state index is 12.7. The first-order chi connectivity index (χ1) is 8.89. The Morgan fingerprint density at radius 1 is 1.10 bits per heavy atom. The van der Waals surface area contributed by atoms with E-state index in [1.165, 1.54) is 5.32 Å². The van der Waals surface area contributed by atoms with Crippen LogP contribution in [0.1, 0.15) is 12.5 Å². The summed E-state index contributed by atoms with van der Waals surface area (Å²) in [5.41, 5.74) is -5.87. The summed E-state index contributed by atoms with van der Waals surface area (Å²) in [6.07, 6.45) is -10.2. The van der Waals surface area contributed by atoms with Crippen LogP contribution >= 0.6 is 0 Å². The smallest absolute Gasteiger partial charge is 0.422 e. The number of carbonyl (C=O) groups is 1. The Labute approximate surface area is 109 Å². The highest BCUT2D eigenvalue weighted by atomic mass is 19.4. The number of anilines is 1. The van der Waals surface area contributed by atoms with Crippen LogP contribution in [0, 0.1) is 0 Å². The Bertz CT molecular complexity index is 510. The van der Waals surface area contributed by atoms with Gasteiger partial charge in [-0.15, -0.1) is 0 Å². The predicted octanol–water partition coefficient (Wildman–Crippen LogP) is 3.52. The van der Waals surface area contributed by atoms with E-state index in [4.69, 9.17) is 5.11 Å². The minimum atomic E-state index is -5.28. The van der Waals surface area contributed by atoms with Gasteiger partial charge < -0.3 is 10.4 Å². The van der Waals surface area contributed by atoms with Gasteiger partial charge in [-0.05, 0) is 19.1 Å². The molecule has 0 bridgehead atoms. The maximum Gasteiger partial charge on any atom is 0.422 e. The van der Waals surface area contributed by atoms with Crippen molar-refractivity contribution in [1.82, 2.24) is 0 Å². The number of rotatable bonds is 3. The van der Waals surface area contributed by atoms with Crippen molar-refractivity contribution in [2.75, 3.05) is 5.32 Å². The summed E-state index contributed by atoms with van der Waals surface area (Å²) in [6, 6.07) is 3.34. The number of para-hydroxylation sites is 1. The van der Waals surface area contributed by atoms with Gasteiger partial charge >= 0.3 is 18.3 Å². The Hall–Kier alpha value is -1.93. The average Bonchev–Trinajstić information content (AvgIpc) is 2.26. The van der Waals surface area contributed by atoms with Crippen molar-refractivity contribution in [2.45, 2.75) is 24.8 Å². The lowest BCUT2D eigenvalue weighted by Crippen LogP contribution is -2.55. The van der Waals surface area contributed by atoms with Crippen molar-refractivity contribution in [3.8, 4) is 0 Å². The van der Waals surface area contributed by atoms with Gasteiger partial charge in [0.25, 0.3) is 0 Å². The third-order valence-corrected chi connectivity index (χ3v) is 2.61. The molecule has 1 aromatic carbocycles. The summed E-state index contributed by atoms with van der Waals surface area (Å²) < 4.78 is 76.2. The lowest BCUT2D eigenvalue weighted by atomic mass is 10.0. The van der Waals surface area contributed by atoms with Crippen molar-refractivity contribution in [2.24, 2.45) is 0 Å². The van der Waals surface area contributed by atoms with Gasteiger partial charge in [-0.25, -0.2) is 4.79 Å². The van der Waals surface area contributed by atoms with E-state index >= 15 is 0 Å². The largest absolute Gasteiger partial charge is 0.479 e. The van der Waals surface area contributed by atoms with Gasteiger partial charge in [-0.2, -0.15) is 26.3 Å². The molecule has 0 amide bonds. The second kappa shape index (κ2) is 4.88. The standard InChI is InChI=1S/C11H9F6NO2/c1-9(8(19)20,11(15,16)17)18-7-5-3-2-4-6(7)10(12,13)14/h2-5,18H,1H3,(H,19,20). The van der Waals surface area contributed by atoms with E-state index in [9.17, 15) is 31.1 Å². The molecule has 0 aliphatic heterocycles. The van der Waals surface area contributed by atoms with Gasteiger partial charge in [-0.3, -0.25) is 0 Å². The molecule has 20 heavy (non-hydrogen) atoms. The minimum absolute atomic E-state index is 0.252. The lowest BCUT2D eigenvalue weighted by molar-refractivity contribution is -0.193. The fourth-order valence-corrected chi connectivity index (χ4v) is 1.35. The van der Waals surface area contributed by atoms with Crippen LogP contribution in [-0.4, -0.2) is 22.8 Å². The minimum Gasteiger partial charge on any atom is -0.479 e. The highest BCUT2D eigenvalue weighted by Crippen LogP contribution is 2.39. The number of hydrogen-bond acceptors (Lipinski definition) is 2. The first-order valence-corrected chi connectivity index (χ1v) is 5.14. The Balaban J connectivity index is 3.31. The zero-order chi connectivity index (χ0) is 15.8. The topological polar surface area (TPSA) is 49.3 Å². The molecule has 0 saturated carbocycles. The molecule has 0 aliphatic rings. The van der Waals surface area contributed by atoms with Crippen LogP contribution in [0.4, 0.5) is 32.0 Å². The third kappa shape index (κ3) is 2.97. The van der Waals surface area contributed by atoms with Gasteiger partial charge in [0.2, 0.25) is 5.54 Å². The SMILES string of the molecule is CC(Nc1ccccc1C(F)(F)F)(C(=O)O)C(F)(F)F. The molecule has 3 nitrogen and oxygen atoms in total. The van der Waals surface area contributed by atoms with Gasteiger partial charge in [0.15, 0.2) is 0 Å². The van der Waals surface area contributed by atoms with Crippen LogP contribution in [0.3, 0.4) is 0 Å². The molecule has 1 atom stereocenters. The number of alkyl halides is 6. The van der Waals surface area contributed by atoms with Crippen LogP contribution in [-0.2, 0) is 11.0 Å². The van der Waals surface area contributed by atoms with Crippen molar-refractivity contribution in [1.29, 1.82) is 0 Å². The molecule has 1 aromatic rings. The summed E-state index contributed by atoms with van der Waals surface area (Å²) in [4.78, 5) is 10.8. The summed E-state index contributed by atoms with van der Waals surface area (Å²) >= 11 is 0. The van der Waals surface area contributed by atoms with E-state index in [1.807, 2.05) is 0 Å². The van der Waals surface area contributed by atoms with Crippen LogP contribution < -0.4 is 5.32 Å². The fraction of sp³-hybridized carbons (Fsp3) is 0.364. The molecule has 0 fully saturated rings. The first-order valence-electron chi connectivity index (χ1n) is 5.14. The highest BCUT2D eigenvalue weighted by molar-refractivity contribution is 5.84. The zero-order valence-corrected chi connectivity index (χ0v) is 9.93. The molecule has 0 heterocycles. The van der Waals surface area contributed by atoms with Gasteiger partial charge in [0.05, 0.1) is 5.56 Å². The molecule has 9 heteroatoms. The number of hydrogen-bond donors (Lipinski definition) is 2.